The Morgan fingerprint density at radius 1 is 1.30 bits per heavy atom. The predicted molar refractivity (Wildman–Crippen MR) is 81.1 cm³/mol. The highest BCUT2D eigenvalue weighted by Gasteiger charge is 2.33. The number of nitrogens with one attached hydrogen (secondary N) is 1. The van der Waals surface area contributed by atoms with Crippen molar-refractivity contribution in [2.45, 2.75) is 31.1 Å². The molecule has 1 aromatic rings. The van der Waals surface area contributed by atoms with Gasteiger partial charge in [0.2, 0.25) is 15.9 Å². The Kier molecular flexibility index (Phi) is 5.69. The second-order valence-corrected chi connectivity index (χ2v) is 7.45. The van der Waals surface area contributed by atoms with Crippen LogP contribution in [0.4, 0.5) is 8.78 Å². The average Bonchev–Trinajstić information content (AvgIpc) is 2.54. The molecule has 1 aliphatic heterocycles. The summed E-state index contributed by atoms with van der Waals surface area (Å²) in [5, 5.41) is 2.79. The van der Waals surface area contributed by atoms with E-state index in [1.165, 1.54) is 0 Å². The molecule has 1 heterocycles. The molecule has 0 aliphatic carbocycles. The van der Waals surface area contributed by atoms with Gasteiger partial charge in [0, 0.05) is 25.6 Å². The van der Waals surface area contributed by atoms with Crippen LogP contribution in [0.25, 0.3) is 0 Å². The maximum atomic E-state index is 13.7. The smallest absolute Gasteiger partial charge is 0.246 e. The quantitative estimate of drug-likeness (QED) is 0.885. The summed E-state index contributed by atoms with van der Waals surface area (Å²) in [6.07, 6.45) is 1.56. The van der Waals surface area contributed by atoms with Crippen molar-refractivity contribution in [1.29, 1.82) is 0 Å². The van der Waals surface area contributed by atoms with Crippen LogP contribution >= 0.6 is 0 Å². The van der Waals surface area contributed by atoms with Gasteiger partial charge in [-0.15, -0.1) is 0 Å². The van der Waals surface area contributed by atoms with Crippen LogP contribution in [0.5, 0.6) is 0 Å². The molecule has 1 amide bonds. The maximum absolute atomic E-state index is 13.7. The van der Waals surface area contributed by atoms with Crippen LogP contribution < -0.4 is 5.32 Å². The maximum Gasteiger partial charge on any atom is 0.246 e. The van der Waals surface area contributed by atoms with Gasteiger partial charge in [0.05, 0.1) is 0 Å². The van der Waals surface area contributed by atoms with E-state index in [1.54, 1.807) is 0 Å². The Labute approximate surface area is 134 Å². The molecule has 5 nitrogen and oxygen atoms in total. The fourth-order valence-electron chi connectivity index (χ4n) is 2.56. The highest BCUT2D eigenvalue weighted by Crippen LogP contribution is 2.26. The highest BCUT2D eigenvalue weighted by molar-refractivity contribution is 7.89. The van der Waals surface area contributed by atoms with Gasteiger partial charge in [0.15, 0.2) is 0 Å². The first-order chi connectivity index (χ1) is 10.9. The minimum Gasteiger partial charge on any atom is -0.356 e. The van der Waals surface area contributed by atoms with Crippen molar-refractivity contribution >= 4 is 15.9 Å². The van der Waals surface area contributed by atoms with E-state index in [-0.39, 0.29) is 24.9 Å². The van der Waals surface area contributed by atoms with E-state index < -0.39 is 26.6 Å². The molecule has 1 fully saturated rings. The number of nitrogens with zero attached hydrogens (tertiary/aromatic N) is 1. The molecule has 23 heavy (non-hydrogen) atoms. The van der Waals surface area contributed by atoms with Gasteiger partial charge in [-0.1, -0.05) is 6.92 Å². The second kappa shape index (κ2) is 7.35. The minimum absolute atomic E-state index is 0.0826. The molecule has 1 N–H and O–H groups in total. The molecule has 0 bridgehead atoms. The first kappa shape index (κ1) is 17.8. The summed E-state index contributed by atoms with van der Waals surface area (Å²) < 4.78 is 52.9. The van der Waals surface area contributed by atoms with Gasteiger partial charge in [0.1, 0.15) is 16.5 Å². The minimum atomic E-state index is -4.09. The van der Waals surface area contributed by atoms with E-state index >= 15 is 0 Å². The molecule has 8 heteroatoms. The Morgan fingerprint density at radius 3 is 2.57 bits per heavy atom. The fourth-order valence-corrected chi connectivity index (χ4v) is 4.11. The molecular weight excluding hydrogens is 326 g/mol. The van der Waals surface area contributed by atoms with Gasteiger partial charge in [-0.25, -0.2) is 17.2 Å². The third-order valence-corrected chi connectivity index (χ3v) is 5.80. The number of rotatable bonds is 5. The zero-order valence-electron chi connectivity index (χ0n) is 12.9. The van der Waals surface area contributed by atoms with E-state index in [9.17, 15) is 22.0 Å². The fraction of sp³-hybridized carbons (Fsp3) is 0.533. The van der Waals surface area contributed by atoms with E-state index in [2.05, 4.69) is 5.32 Å². The van der Waals surface area contributed by atoms with Gasteiger partial charge in [-0.05, 0) is 37.5 Å². The van der Waals surface area contributed by atoms with E-state index in [1.807, 2.05) is 6.92 Å². The van der Waals surface area contributed by atoms with Gasteiger partial charge >= 0.3 is 0 Å². The SMILES string of the molecule is CCCNC(=O)C1CCN(S(=O)(=O)c2cc(F)ccc2F)CC1. The molecule has 1 saturated heterocycles. The zero-order chi connectivity index (χ0) is 17.0. The lowest BCUT2D eigenvalue weighted by molar-refractivity contribution is -0.126. The average molecular weight is 346 g/mol. The number of halogens is 2. The number of carbonyl (C=O) groups excluding carboxylic acids is 1. The van der Waals surface area contributed by atoms with Crippen LogP contribution in [0.3, 0.4) is 0 Å². The molecule has 0 radical (unpaired) electrons. The molecule has 0 saturated carbocycles. The number of benzene rings is 1. The molecule has 128 valence electrons. The summed E-state index contributed by atoms with van der Waals surface area (Å²) in [5.74, 6) is -2.11. The predicted octanol–water partition coefficient (Wildman–Crippen LogP) is 1.89. The number of piperidine rings is 1. The summed E-state index contributed by atoms with van der Waals surface area (Å²) in [7, 11) is -4.09. The number of hydrogen-bond acceptors (Lipinski definition) is 3. The lowest BCUT2D eigenvalue weighted by Gasteiger charge is -2.30. The third-order valence-electron chi connectivity index (χ3n) is 3.89. The normalized spacial score (nSPS) is 17.2. The van der Waals surface area contributed by atoms with E-state index in [0.29, 0.717) is 25.5 Å². The molecule has 2 rings (SSSR count). The van der Waals surface area contributed by atoms with Gasteiger partial charge in [-0.2, -0.15) is 4.31 Å². The summed E-state index contributed by atoms with van der Waals surface area (Å²) >= 11 is 0. The van der Waals surface area contributed by atoms with Crippen LogP contribution in [0.15, 0.2) is 23.1 Å². The first-order valence-electron chi connectivity index (χ1n) is 7.59. The standard InChI is InChI=1S/C15H20F2N2O3S/c1-2-7-18-15(20)11-5-8-19(9-6-11)23(21,22)14-10-12(16)3-4-13(14)17/h3-4,10-11H,2,5-9H2,1H3,(H,18,20). The Balaban J connectivity index is 2.07. The topological polar surface area (TPSA) is 66.5 Å². The summed E-state index contributed by atoms with van der Waals surface area (Å²) in [5.41, 5.74) is 0. The number of hydrogen-bond donors (Lipinski definition) is 1. The van der Waals surface area contributed by atoms with Crippen molar-refractivity contribution in [3.05, 3.63) is 29.8 Å². The summed E-state index contributed by atoms with van der Waals surface area (Å²) in [6, 6.07) is 2.36. The van der Waals surface area contributed by atoms with Crippen LogP contribution in [0.2, 0.25) is 0 Å². The van der Waals surface area contributed by atoms with E-state index in [4.69, 9.17) is 0 Å². The lowest BCUT2D eigenvalue weighted by Crippen LogP contribution is -2.43. The molecule has 0 atom stereocenters. The molecule has 0 aromatic heterocycles. The molecule has 1 aromatic carbocycles. The zero-order valence-corrected chi connectivity index (χ0v) is 13.7. The largest absolute Gasteiger partial charge is 0.356 e. The monoisotopic (exact) mass is 346 g/mol. The highest BCUT2D eigenvalue weighted by atomic mass is 32.2. The first-order valence-corrected chi connectivity index (χ1v) is 9.03. The van der Waals surface area contributed by atoms with Crippen molar-refractivity contribution in [3.63, 3.8) is 0 Å². The van der Waals surface area contributed by atoms with Gasteiger partial charge < -0.3 is 5.32 Å². The molecule has 0 spiro atoms. The lowest BCUT2D eigenvalue weighted by atomic mass is 9.97. The van der Waals surface area contributed by atoms with Crippen molar-refractivity contribution in [2.75, 3.05) is 19.6 Å². The third kappa shape index (κ3) is 4.06. The van der Waals surface area contributed by atoms with Crippen molar-refractivity contribution in [2.24, 2.45) is 5.92 Å². The summed E-state index contributed by atoms with van der Waals surface area (Å²) in [6.45, 7) is 2.76. The molecule has 1 aliphatic rings. The van der Waals surface area contributed by atoms with Gasteiger partial charge in [0.25, 0.3) is 0 Å². The molecule has 0 unspecified atom stereocenters. The van der Waals surface area contributed by atoms with Crippen LogP contribution in [-0.4, -0.2) is 38.3 Å². The Morgan fingerprint density at radius 2 is 1.96 bits per heavy atom. The number of amides is 1. The van der Waals surface area contributed by atoms with E-state index in [0.717, 1.165) is 22.9 Å². The Hall–Kier alpha value is -1.54. The van der Waals surface area contributed by atoms with Crippen molar-refractivity contribution < 1.29 is 22.0 Å². The summed E-state index contributed by atoms with van der Waals surface area (Å²) in [4.78, 5) is 11.2. The number of sulfonamides is 1. The Bertz CT molecular complexity index is 671. The number of carbonyl (C=O) groups is 1. The van der Waals surface area contributed by atoms with Crippen LogP contribution in [0.1, 0.15) is 26.2 Å². The van der Waals surface area contributed by atoms with Crippen molar-refractivity contribution in [3.8, 4) is 0 Å². The second-order valence-electron chi connectivity index (χ2n) is 5.54. The van der Waals surface area contributed by atoms with Gasteiger partial charge in [-0.3, -0.25) is 4.79 Å². The van der Waals surface area contributed by atoms with Crippen molar-refractivity contribution in [1.82, 2.24) is 9.62 Å². The van der Waals surface area contributed by atoms with Crippen LogP contribution in [0, 0.1) is 17.6 Å². The van der Waals surface area contributed by atoms with Crippen LogP contribution in [-0.2, 0) is 14.8 Å². The molecular formula is C15H20F2N2O3S.